The molecule has 1 aromatic rings. The average Bonchev–Trinajstić information content (AvgIpc) is 2.20. The number of hydrogen-bond acceptors (Lipinski definition) is 4. The summed E-state index contributed by atoms with van der Waals surface area (Å²) in [5.74, 6) is -0.526. The van der Waals surface area contributed by atoms with Crippen LogP contribution in [-0.4, -0.2) is 17.5 Å². The van der Waals surface area contributed by atoms with Gasteiger partial charge in [-0.25, -0.2) is 4.79 Å². The highest BCUT2D eigenvalue weighted by Gasteiger charge is 2.20. The SMILES string of the molecule is CCOC(=O)c1cc(I)cc([N+](=O)[O-])c1C. The Hall–Kier alpha value is -1.18. The summed E-state index contributed by atoms with van der Waals surface area (Å²) in [6.45, 7) is 3.48. The molecule has 0 atom stereocenters. The van der Waals surface area contributed by atoms with E-state index in [4.69, 9.17) is 4.74 Å². The van der Waals surface area contributed by atoms with Crippen molar-refractivity contribution < 1.29 is 14.5 Å². The molecule has 0 aliphatic rings. The van der Waals surface area contributed by atoms with E-state index in [1.54, 1.807) is 19.9 Å². The van der Waals surface area contributed by atoms with Gasteiger partial charge in [0.15, 0.2) is 0 Å². The van der Waals surface area contributed by atoms with E-state index in [0.717, 1.165) is 0 Å². The number of carbonyl (C=O) groups is 1. The summed E-state index contributed by atoms with van der Waals surface area (Å²) in [5.41, 5.74) is 0.527. The molecule has 0 aliphatic carbocycles. The quantitative estimate of drug-likeness (QED) is 0.369. The number of benzene rings is 1. The van der Waals surface area contributed by atoms with E-state index in [-0.39, 0.29) is 17.9 Å². The topological polar surface area (TPSA) is 69.4 Å². The second kappa shape index (κ2) is 5.24. The summed E-state index contributed by atoms with van der Waals surface area (Å²) in [6.07, 6.45) is 0. The van der Waals surface area contributed by atoms with Gasteiger partial charge in [-0.2, -0.15) is 0 Å². The van der Waals surface area contributed by atoms with Gasteiger partial charge in [0.1, 0.15) is 0 Å². The van der Waals surface area contributed by atoms with Gasteiger partial charge in [-0.1, -0.05) is 0 Å². The minimum absolute atomic E-state index is 0.0602. The summed E-state index contributed by atoms with van der Waals surface area (Å²) in [7, 11) is 0. The maximum absolute atomic E-state index is 11.5. The summed E-state index contributed by atoms with van der Waals surface area (Å²) < 4.78 is 5.47. The van der Waals surface area contributed by atoms with E-state index in [2.05, 4.69) is 0 Å². The molecule has 0 saturated heterocycles. The van der Waals surface area contributed by atoms with Crippen LogP contribution in [0.5, 0.6) is 0 Å². The van der Waals surface area contributed by atoms with Gasteiger partial charge >= 0.3 is 5.97 Å². The molecule has 1 aromatic carbocycles. The molecule has 86 valence electrons. The molecule has 0 N–H and O–H groups in total. The molecule has 0 amide bonds. The van der Waals surface area contributed by atoms with Crippen LogP contribution in [0.15, 0.2) is 12.1 Å². The van der Waals surface area contributed by atoms with Gasteiger partial charge in [-0.3, -0.25) is 10.1 Å². The number of nitrogens with zero attached hydrogens (tertiary/aromatic N) is 1. The lowest BCUT2D eigenvalue weighted by atomic mass is 10.1. The first-order valence-electron chi connectivity index (χ1n) is 4.59. The predicted octanol–water partition coefficient (Wildman–Crippen LogP) is 2.68. The Morgan fingerprint density at radius 2 is 2.19 bits per heavy atom. The van der Waals surface area contributed by atoms with Crippen molar-refractivity contribution in [2.24, 2.45) is 0 Å². The first kappa shape index (κ1) is 12.9. The number of esters is 1. The molecule has 0 unspecified atom stereocenters. The second-order valence-electron chi connectivity index (χ2n) is 3.08. The number of carbonyl (C=O) groups excluding carboxylic acids is 1. The van der Waals surface area contributed by atoms with Crippen molar-refractivity contribution in [3.63, 3.8) is 0 Å². The summed E-state index contributed by atoms with van der Waals surface area (Å²) in [5, 5.41) is 10.8. The number of ether oxygens (including phenoxy) is 1. The molecule has 1 rings (SSSR count). The summed E-state index contributed by atoms with van der Waals surface area (Å²) in [4.78, 5) is 21.8. The van der Waals surface area contributed by atoms with Crippen LogP contribution < -0.4 is 0 Å². The Labute approximate surface area is 106 Å². The number of nitro benzene ring substituents is 1. The van der Waals surface area contributed by atoms with Crippen molar-refractivity contribution >= 4 is 34.2 Å². The lowest BCUT2D eigenvalue weighted by Gasteiger charge is -2.06. The third kappa shape index (κ3) is 2.69. The van der Waals surface area contributed by atoms with Crippen LogP contribution in [0.4, 0.5) is 5.69 Å². The van der Waals surface area contributed by atoms with Gasteiger partial charge in [-0.05, 0) is 42.5 Å². The van der Waals surface area contributed by atoms with Crippen LogP contribution in [0, 0.1) is 20.6 Å². The molecule has 0 heterocycles. The molecular formula is C10H10INO4. The highest BCUT2D eigenvalue weighted by molar-refractivity contribution is 14.1. The fourth-order valence-corrected chi connectivity index (χ4v) is 1.88. The lowest BCUT2D eigenvalue weighted by Crippen LogP contribution is -2.08. The molecule has 0 radical (unpaired) electrons. The number of nitro groups is 1. The normalized spacial score (nSPS) is 9.94. The Morgan fingerprint density at radius 3 is 2.69 bits per heavy atom. The van der Waals surface area contributed by atoms with Crippen molar-refractivity contribution in [1.29, 1.82) is 0 Å². The molecule has 0 aliphatic heterocycles. The van der Waals surface area contributed by atoms with Crippen molar-refractivity contribution in [1.82, 2.24) is 0 Å². The molecule has 0 aromatic heterocycles. The Morgan fingerprint density at radius 1 is 1.56 bits per heavy atom. The molecule has 6 heteroatoms. The summed E-state index contributed by atoms with van der Waals surface area (Å²) >= 11 is 1.93. The minimum atomic E-state index is -0.526. The fraction of sp³-hybridized carbons (Fsp3) is 0.300. The van der Waals surface area contributed by atoms with Gasteiger partial charge in [0.25, 0.3) is 5.69 Å². The predicted molar refractivity (Wildman–Crippen MR) is 66.5 cm³/mol. The zero-order valence-corrected chi connectivity index (χ0v) is 11.0. The monoisotopic (exact) mass is 335 g/mol. The first-order chi connectivity index (χ1) is 7.47. The zero-order chi connectivity index (χ0) is 12.3. The van der Waals surface area contributed by atoms with Crippen LogP contribution in [0.1, 0.15) is 22.8 Å². The maximum atomic E-state index is 11.5. The van der Waals surface area contributed by atoms with Gasteiger partial charge in [0, 0.05) is 15.2 Å². The van der Waals surface area contributed by atoms with Gasteiger partial charge in [-0.15, -0.1) is 0 Å². The second-order valence-corrected chi connectivity index (χ2v) is 4.32. The Kier molecular flexibility index (Phi) is 4.22. The highest BCUT2D eigenvalue weighted by atomic mass is 127. The number of halogens is 1. The van der Waals surface area contributed by atoms with Crippen molar-refractivity contribution in [3.05, 3.63) is 36.9 Å². The van der Waals surface area contributed by atoms with Gasteiger partial charge in [0.2, 0.25) is 0 Å². The molecule has 0 spiro atoms. The molecule has 5 nitrogen and oxygen atoms in total. The molecule has 0 bridgehead atoms. The van der Waals surface area contributed by atoms with E-state index < -0.39 is 10.9 Å². The van der Waals surface area contributed by atoms with Crippen molar-refractivity contribution in [2.75, 3.05) is 6.61 Å². The van der Waals surface area contributed by atoms with Gasteiger partial charge < -0.3 is 4.74 Å². The summed E-state index contributed by atoms with van der Waals surface area (Å²) in [6, 6.07) is 3.01. The highest BCUT2D eigenvalue weighted by Crippen LogP contribution is 2.25. The van der Waals surface area contributed by atoms with Crippen LogP contribution in [-0.2, 0) is 4.74 Å². The first-order valence-corrected chi connectivity index (χ1v) is 5.67. The largest absolute Gasteiger partial charge is 0.462 e. The van der Waals surface area contributed by atoms with Crippen LogP contribution in [0.25, 0.3) is 0 Å². The molecule has 0 fully saturated rings. The smallest absolute Gasteiger partial charge is 0.338 e. The van der Waals surface area contributed by atoms with E-state index >= 15 is 0 Å². The zero-order valence-electron chi connectivity index (χ0n) is 8.82. The molecule has 0 saturated carbocycles. The Balaban J connectivity index is 3.29. The fourth-order valence-electron chi connectivity index (χ4n) is 1.28. The number of hydrogen-bond donors (Lipinski definition) is 0. The van der Waals surface area contributed by atoms with E-state index in [0.29, 0.717) is 9.13 Å². The van der Waals surface area contributed by atoms with E-state index in [1.165, 1.54) is 6.07 Å². The third-order valence-electron chi connectivity index (χ3n) is 2.04. The van der Waals surface area contributed by atoms with Crippen LogP contribution >= 0.6 is 22.6 Å². The molecule has 16 heavy (non-hydrogen) atoms. The Bertz CT molecular complexity index is 445. The molecular weight excluding hydrogens is 325 g/mol. The van der Waals surface area contributed by atoms with E-state index in [9.17, 15) is 14.9 Å². The lowest BCUT2D eigenvalue weighted by molar-refractivity contribution is -0.385. The van der Waals surface area contributed by atoms with Crippen LogP contribution in [0.3, 0.4) is 0 Å². The van der Waals surface area contributed by atoms with Gasteiger partial charge in [0.05, 0.1) is 17.1 Å². The third-order valence-corrected chi connectivity index (χ3v) is 2.66. The standard InChI is InChI=1S/C10H10INO4/c1-3-16-10(13)8-4-7(11)5-9(6(8)2)12(14)15/h4-5H,3H2,1-2H3. The van der Waals surface area contributed by atoms with Crippen LogP contribution in [0.2, 0.25) is 0 Å². The minimum Gasteiger partial charge on any atom is -0.462 e. The van der Waals surface area contributed by atoms with Crippen molar-refractivity contribution in [2.45, 2.75) is 13.8 Å². The maximum Gasteiger partial charge on any atom is 0.338 e. The van der Waals surface area contributed by atoms with E-state index in [1.807, 2.05) is 22.6 Å². The van der Waals surface area contributed by atoms with Crippen molar-refractivity contribution in [3.8, 4) is 0 Å². The number of rotatable bonds is 3. The average molecular weight is 335 g/mol.